The number of hydrogen-bond donors (Lipinski definition) is 1. The molecular weight excluding hydrogens is 168 g/mol. The molecule has 3 heteroatoms. The van der Waals surface area contributed by atoms with Gasteiger partial charge in [-0.15, -0.1) is 0 Å². The second kappa shape index (κ2) is 5.58. The summed E-state index contributed by atoms with van der Waals surface area (Å²) in [6.07, 6.45) is 5.03. The predicted molar refractivity (Wildman–Crippen MR) is 50.4 cm³/mol. The zero-order valence-electron chi connectivity index (χ0n) is 8.53. The van der Waals surface area contributed by atoms with Gasteiger partial charge in [0, 0.05) is 14.2 Å². The Kier molecular flexibility index (Phi) is 4.70. The molecule has 1 rings (SSSR count). The van der Waals surface area contributed by atoms with Crippen LogP contribution in [-0.2, 0) is 9.47 Å². The monoisotopic (exact) mass is 188 g/mol. The molecule has 1 fully saturated rings. The summed E-state index contributed by atoms with van der Waals surface area (Å²) < 4.78 is 10.1. The fraction of sp³-hybridized carbons (Fsp3) is 1.00. The van der Waals surface area contributed by atoms with E-state index < -0.39 is 12.4 Å². The van der Waals surface area contributed by atoms with Crippen LogP contribution in [0.1, 0.15) is 32.1 Å². The first kappa shape index (κ1) is 11.0. The predicted octanol–water partition coefficient (Wildman–Crippen LogP) is 1.55. The zero-order valence-corrected chi connectivity index (χ0v) is 8.53. The molecule has 0 saturated heterocycles. The van der Waals surface area contributed by atoms with E-state index in [1.165, 1.54) is 19.3 Å². The first-order valence-electron chi connectivity index (χ1n) is 5.03. The van der Waals surface area contributed by atoms with Gasteiger partial charge in [-0.2, -0.15) is 0 Å². The summed E-state index contributed by atoms with van der Waals surface area (Å²) in [7, 11) is 3.14. The molecule has 0 aromatic heterocycles. The number of aliphatic hydroxyl groups is 1. The molecule has 1 saturated carbocycles. The van der Waals surface area contributed by atoms with E-state index in [2.05, 4.69) is 0 Å². The third-order valence-electron chi connectivity index (χ3n) is 2.88. The quantitative estimate of drug-likeness (QED) is 0.680. The van der Waals surface area contributed by atoms with Crippen LogP contribution in [0.25, 0.3) is 0 Å². The van der Waals surface area contributed by atoms with Crippen LogP contribution in [0.3, 0.4) is 0 Å². The number of methoxy groups -OCH3 is 2. The van der Waals surface area contributed by atoms with Crippen LogP contribution >= 0.6 is 0 Å². The minimum absolute atomic E-state index is 0.360. The van der Waals surface area contributed by atoms with Crippen molar-refractivity contribution in [3.05, 3.63) is 0 Å². The van der Waals surface area contributed by atoms with Crippen molar-refractivity contribution in [3.8, 4) is 0 Å². The van der Waals surface area contributed by atoms with Gasteiger partial charge in [0.1, 0.15) is 6.10 Å². The van der Waals surface area contributed by atoms with Crippen LogP contribution in [0.5, 0.6) is 0 Å². The first-order valence-corrected chi connectivity index (χ1v) is 5.03. The third kappa shape index (κ3) is 2.93. The Labute approximate surface area is 80.0 Å². The minimum Gasteiger partial charge on any atom is -0.388 e. The van der Waals surface area contributed by atoms with E-state index in [0.717, 1.165) is 12.8 Å². The Morgan fingerprint density at radius 3 is 2.08 bits per heavy atom. The highest BCUT2D eigenvalue weighted by Crippen LogP contribution is 2.28. The summed E-state index contributed by atoms with van der Waals surface area (Å²) >= 11 is 0. The molecule has 3 nitrogen and oxygen atoms in total. The van der Waals surface area contributed by atoms with E-state index in [0.29, 0.717) is 5.92 Å². The molecule has 13 heavy (non-hydrogen) atoms. The van der Waals surface area contributed by atoms with Crippen molar-refractivity contribution in [2.24, 2.45) is 5.92 Å². The van der Waals surface area contributed by atoms with Gasteiger partial charge in [0.2, 0.25) is 0 Å². The summed E-state index contributed by atoms with van der Waals surface area (Å²) in [5.74, 6) is 0.360. The maximum atomic E-state index is 9.88. The van der Waals surface area contributed by atoms with Crippen LogP contribution in [-0.4, -0.2) is 31.7 Å². The molecule has 0 radical (unpaired) electrons. The lowest BCUT2D eigenvalue weighted by Gasteiger charge is -2.30. The fourth-order valence-corrected chi connectivity index (χ4v) is 2.07. The molecule has 0 aromatic carbocycles. The van der Waals surface area contributed by atoms with Crippen molar-refractivity contribution in [2.45, 2.75) is 44.5 Å². The Morgan fingerprint density at radius 2 is 1.62 bits per heavy atom. The number of hydrogen-bond acceptors (Lipinski definition) is 3. The molecule has 1 aliphatic rings. The molecule has 0 bridgehead atoms. The second-order valence-corrected chi connectivity index (χ2v) is 3.73. The van der Waals surface area contributed by atoms with Crippen LogP contribution in [0, 0.1) is 5.92 Å². The largest absolute Gasteiger partial charge is 0.388 e. The Bertz CT molecular complexity index is 128. The third-order valence-corrected chi connectivity index (χ3v) is 2.88. The van der Waals surface area contributed by atoms with Crippen molar-refractivity contribution < 1.29 is 14.6 Å². The van der Waals surface area contributed by atoms with Gasteiger partial charge in [-0.05, 0) is 18.8 Å². The van der Waals surface area contributed by atoms with Gasteiger partial charge in [0.25, 0.3) is 0 Å². The molecule has 0 aromatic rings. The molecule has 1 atom stereocenters. The average molecular weight is 188 g/mol. The summed E-state index contributed by atoms with van der Waals surface area (Å²) in [5.41, 5.74) is 0. The molecular formula is C10H20O3. The minimum atomic E-state index is -0.463. The van der Waals surface area contributed by atoms with Crippen LogP contribution in [0.2, 0.25) is 0 Å². The molecule has 0 amide bonds. The van der Waals surface area contributed by atoms with Crippen LogP contribution < -0.4 is 0 Å². The van der Waals surface area contributed by atoms with Gasteiger partial charge in [0.05, 0.1) is 0 Å². The van der Waals surface area contributed by atoms with E-state index in [-0.39, 0.29) is 0 Å². The zero-order chi connectivity index (χ0) is 9.68. The van der Waals surface area contributed by atoms with E-state index in [1.54, 1.807) is 14.2 Å². The van der Waals surface area contributed by atoms with Crippen LogP contribution in [0.4, 0.5) is 0 Å². The lowest BCUT2D eigenvalue weighted by molar-refractivity contribution is -0.181. The smallest absolute Gasteiger partial charge is 0.182 e. The lowest BCUT2D eigenvalue weighted by atomic mass is 9.85. The number of aliphatic hydroxyl groups excluding tert-OH is 1. The highest BCUT2D eigenvalue weighted by Gasteiger charge is 2.28. The molecule has 0 aliphatic heterocycles. The first-order chi connectivity index (χ1) is 6.29. The van der Waals surface area contributed by atoms with Gasteiger partial charge in [-0.3, -0.25) is 0 Å². The molecule has 1 N–H and O–H groups in total. The molecule has 0 spiro atoms. The van der Waals surface area contributed by atoms with Gasteiger partial charge in [0.15, 0.2) is 6.29 Å². The summed E-state index contributed by atoms with van der Waals surface area (Å²) in [6.45, 7) is 0. The van der Waals surface area contributed by atoms with E-state index in [4.69, 9.17) is 9.47 Å². The Morgan fingerprint density at radius 1 is 1.08 bits per heavy atom. The summed E-state index contributed by atoms with van der Waals surface area (Å²) in [6, 6.07) is 0. The SMILES string of the molecule is COC(OC)[C@@H](O)C1CCCCC1. The van der Waals surface area contributed by atoms with Crippen molar-refractivity contribution in [1.82, 2.24) is 0 Å². The molecule has 0 unspecified atom stereocenters. The lowest BCUT2D eigenvalue weighted by Crippen LogP contribution is -2.37. The summed E-state index contributed by atoms with van der Waals surface area (Å²) in [5, 5.41) is 9.88. The Balaban J connectivity index is 2.38. The van der Waals surface area contributed by atoms with Crippen molar-refractivity contribution in [3.63, 3.8) is 0 Å². The van der Waals surface area contributed by atoms with Crippen LogP contribution in [0.15, 0.2) is 0 Å². The van der Waals surface area contributed by atoms with E-state index in [1.807, 2.05) is 0 Å². The molecule has 0 heterocycles. The summed E-state index contributed by atoms with van der Waals surface area (Å²) in [4.78, 5) is 0. The normalized spacial score (nSPS) is 22.2. The van der Waals surface area contributed by atoms with E-state index in [9.17, 15) is 5.11 Å². The van der Waals surface area contributed by atoms with Gasteiger partial charge in [-0.1, -0.05) is 19.3 Å². The Hall–Kier alpha value is -0.120. The van der Waals surface area contributed by atoms with Crippen molar-refractivity contribution in [1.29, 1.82) is 0 Å². The number of ether oxygens (including phenoxy) is 2. The topological polar surface area (TPSA) is 38.7 Å². The maximum Gasteiger partial charge on any atom is 0.182 e. The molecule has 1 aliphatic carbocycles. The fourth-order valence-electron chi connectivity index (χ4n) is 2.07. The molecule has 78 valence electrons. The van der Waals surface area contributed by atoms with Crippen molar-refractivity contribution in [2.75, 3.05) is 14.2 Å². The highest BCUT2D eigenvalue weighted by atomic mass is 16.7. The van der Waals surface area contributed by atoms with Gasteiger partial charge < -0.3 is 14.6 Å². The van der Waals surface area contributed by atoms with Gasteiger partial charge >= 0.3 is 0 Å². The van der Waals surface area contributed by atoms with Crippen molar-refractivity contribution >= 4 is 0 Å². The number of rotatable bonds is 4. The van der Waals surface area contributed by atoms with E-state index >= 15 is 0 Å². The standard InChI is InChI=1S/C10H20O3/c1-12-10(13-2)9(11)8-6-4-3-5-7-8/h8-11H,3-7H2,1-2H3/t9-/m0/s1. The maximum absolute atomic E-state index is 9.88. The van der Waals surface area contributed by atoms with Gasteiger partial charge in [-0.25, -0.2) is 0 Å². The second-order valence-electron chi connectivity index (χ2n) is 3.73. The average Bonchev–Trinajstić information content (AvgIpc) is 2.21. The highest BCUT2D eigenvalue weighted by molar-refractivity contribution is 4.75.